The zero-order chi connectivity index (χ0) is 13.4. The highest BCUT2D eigenvalue weighted by Gasteiger charge is 2.32. The highest BCUT2D eigenvalue weighted by molar-refractivity contribution is 9.10. The monoisotopic (exact) mass is 324 g/mol. The fourth-order valence-electron chi connectivity index (χ4n) is 3.00. The third-order valence-electron chi connectivity index (χ3n) is 4.07. The van der Waals surface area contributed by atoms with E-state index in [2.05, 4.69) is 20.8 Å². The second-order valence-corrected chi connectivity index (χ2v) is 6.10. The molecule has 19 heavy (non-hydrogen) atoms. The van der Waals surface area contributed by atoms with Gasteiger partial charge >= 0.3 is 0 Å². The molecule has 2 fully saturated rings. The Morgan fingerprint density at radius 2 is 2.16 bits per heavy atom. The minimum atomic E-state index is 0.0225. The molecule has 102 valence electrons. The molecule has 0 bridgehead atoms. The number of piperazine rings is 1. The number of carbonyl (C=O) groups is 1. The van der Waals surface area contributed by atoms with Crippen molar-refractivity contribution in [3.63, 3.8) is 0 Å². The molecular formula is C14H17BrN2O2. The second-order valence-electron chi connectivity index (χ2n) is 5.25. The summed E-state index contributed by atoms with van der Waals surface area (Å²) in [6, 6.07) is 5.54. The fourth-order valence-corrected chi connectivity index (χ4v) is 3.25. The van der Waals surface area contributed by atoms with E-state index in [1.807, 2.05) is 4.90 Å². The van der Waals surface area contributed by atoms with Crippen LogP contribution in [0.25, 0.3) is 0 Å². The number of amides is 1. The smallest absolute Gasteiger partial charge is 0.254 e. The van der Waals surface area contributed by atoms with E-state index in [-0.39, 0.29) is 11.7 Å². The molecule has 1 amide bonds. The summed E-state index contributed by atoms with van der Waals surface area (Å²) in [7, 11) is 0. The Balaban J connectivity index is 1.74. The first-order valence-electron chi connectivity index (χ1n) is 6.67. The van der Waals surface area contributed by atoms with E-state index in [1.54, 1.807) is 12.1 Å². The van der Waals surface area contributed by atoms with Crippen LogP contribution < -0.4 is 0 Å². The Bertz CT molecular complexity index is 506. The van der Waals surface area contributed by atoms with Gasteiger partial charge in [0.25, 0.3) is 5.91 Å². The summed E-state index contributed by atoms with van der Waals surface area (Å²) in [5.74, 6) is 0.139. The Kier molecular flexibility index (Phi) is 3.50. The molecule has 2 aliphatic heterocycles. The summed E-state index contributed by atoms with van der Waals surface area (Å²) in [6.07, 6.45) is 2.43. The van der Waals surface area contributed by atoms with Crippen molar-refractivity contribution >= 4 is 21.8 Å². The average molecular weight is 325 g/mol. The number of aromatic hydroxyl groups is 1. The zero-order valence-corrected chi connectivity index (χ0v) is 12.3. The fraction of sp³-hybridized carbons (Fsp3) is 0.500. The molecule has 0 radical (unpaired) electrons. The van der Waals surface area contributed by atoms with Crippen LogP contribution in [0.15, 0.2) is 22.7 Å². The van der Waals surface area contributed by atoms with Gasteiger partial charge in [0, 0.05) is 31.2 Å². The molecule has 1 aromatic carbocycles. The predicted molar refractivity (Wildman–Crippen MR) is 76.3 cm³/mol. The average Bonchev–Trinajstić information content (AvgIpc) is 2.88. The molecule has 1 aromatic rings. The lowest BCUT2D eigenvalue weighted by atomic mass is 10.1. The normalized spacial score (nSPS) is 23.4. The highest BCUT2D eigenvalue weighted by atomic mass is 79.9. The molecule has 4 nitrogen and oxygen atoms in total. The van der Waals surface area contributed by atoms with E-state index in [1.165, 1.54) is 25.5 Å². The molecule has 0 aromatic heterocycles. The van der Waals surface area contributed by atoms with Gasteiger partial charge in [-0.25, -0.2) is 0 Å². The molecule has 2 heterocycles. The lowest BCUT2D eigenvalue weighted by Gasteiger charge is -2.37. The third-order valence-corrected chi connectivity index (χ3v) is 4.74. The number of rotatable bonds is 1. The molecule has 2 saturated heterocycles. The van der Waals surface area contributed by atoms with Gasteiger partial charge < -0.3 is 10.0 Å². The summed E-state index contributed by atoms with van der Waals surface area (Å²) in [5, 5.41) is 9.67. The zero-order valence-electron chi connectivity index (χ0n) is 10.7. The van der Waals surface area contributed by atoms with Crippen molar-refractivity contribution in [3.05, 3.63) is 28.2 Å². The first-order chi connectivity index (χ1) is 9.15. The summed E-state index contributed by atoms with van der Waals surface area (Å²) >= 11 is 3.23. The maximum absolute atomic E-state index is 12.4. The Hall–Kier alpha value is -1.07. The number of phenolic OH excluding ortho intramolecular Hbond substituents is 1. The van der Waals surface area contributed by atoms with Gasteiger partial charge in [0.15, 0.2) is 0 Å². The number of carbonyl (C=O) groups excluding carboxylic acids is 1. The Morgan fingerprint density at radius 3 is 2.95 bits per heavy atom. The number of phenols is 1. The molecule has 1 unspecified atom stereocenters. The van der Waals surface area contributed by atoms with Crippen molar-refractivity contribution in [2.24, 2.45) is 0 Å². The van der Waals surface area contributed by atoms with Gasteiger partial charge in [0.1, 0.15) is 5.75 Å². The first kappa shape index (κ1) is 12.9. The van der Waals surface area contributed by atoms with Crippen molar-refractivity contribution in [1.82, 2.24) is 9.80 Å². The van der Waals surface area contributed by atoms with E-state index in [4.69, 9.17) is 0 Å². The number of halogens is 1. The number of nitrogens with zero attached hydrogens (tertiary/aromatic N) is 2. The Labute approximate surface area is 121 Å². The first-order valence-corrected chi connectivity index (χ1v) is 7.46. The predicted octanol–water partition coefficient (Wildman–Crippen LogP) is 2.07. The topological polar surface area (TPSA) is 43.8 Å². The van der Waals surface area contributed by atoms with Gasteiger partial charge in [-0.1, -0.05) is 0 Å². The van der Waals surface area contributed by atoms with Crippen molar-refractivity contribution < 1.29 is 9.90 Å². The second kappa shape index (κ2) is 5.13. The minimum Gasteiger partial charge on any atom is -0.507 e. The van der Waals surface area contributed by atoms with E-state index in [0.29, 0.717) is 16.1 Å². The maximum Gasteiger partial charge on any atom is 0.254 e. The van der Waals surface area contributed by atoms with Crippen molar-refractivity contribution in [2.75, 3.05) is 26.2 Å². The van der Waals surface area contributed by atoms with Crippen molar-refractivity contribution in [1.29, 1.82) is 0 Å². The maximum atomic E-state index is 12.4. The highest BCUT2D eigenvalue weighted by Crippen LogP contribution is 2.26. The molecule has 1 N–H and O–H groups in total. The van der Waals surface area contributed by atoms with Crippen LogP contribution in [0.4, 0.5) is 0 Å². The lowest BCUT2D eigenvalue weighted by molar-refractivity contribution is 0.0571. The van der Waals surface area contributed by atoms with Gasteiger partial charge in [0.05, 0.1) is 4.47 Å². The van der Waals surface area contributed by atoms with Gasteiger partial charge in [0.2, 0.25) is 0 Å². The summed E-state index contributed by atoms with van der Waals surface area (Å²) in [4.78, 5) is 16.8. The van der Waals surface area contributed by atoms with E-state index >= 15 is 0 Å². The van der Waals surface area contributed by atoms with Crippen LogP contribution in [0.5, 0.6) is 5.75 Å². The van der Waals surface area contributed by atoms with Gasteiger partial charge in [-0.15, -0.1) is 0 Å². The van der Waals surface area contributed by atoms with Crippen molar-refractivity contribution in [3.8, 4) is 5.75 Å². The lowest BCUT2D eigenvalue weighted by Crippen LogP contribution is -2.52. The van der Waals surface area contributed by atoms with Crippen LogP contribution in [-0.2, 0) is 0 Å². The van der Waals surface area contributed by atoms with Crippen LogP contribution in [0.2, 0.25) is 0 Å². The molecule has 2 aliphatic rings. The quantitative estimate of drug-likeness (QED) is 0.860. The number of fused-ring (bicyclic) bond motifs is 1. The van der Waals surface area contributed by atoms with Crippen LogP contribution in [0, 0.1) is 0 Å². The van der Waals surface area contributed by atoms with Gasteiger partial charge in [-0.3, -0.25) is 9.69 Å². The summed E-state index contributed by atoms with van der Waals surface area (Å²) < 4.78 is 0.615. The molecular weight excluding hydrogens is 308 g/mol. The van der Waals surface area contributed by atoms with E-state index in [9.17, 15) is 9.90 Å². The molecule has 3 rings (SSSR count). The van der Waals surface area contributed by atoms with Crippen LogP contribution in [0.3, 0.4) is 0 Å². The minimum absolute atomic E-state index is 0.0225. The van der Waals surface area contributed by atoms with Crippen molar-refractivity contribution in [2.45, 2.75) is 18.9 Å². The van der Waals surface area contributed by atoms with E-state index in [0.717, 1.165) is 19.6 Å². The van der Waals surface area contributed by atoms with Gasteiger partial charge in [-0.2, -0.15) is 0 Å². The van der Waals surface area contributed by atoms with Gasteiger partial charge in [-0.05, 0) is 53.5 Å². The summed E-state index contributed by atoms with van der Waals surface area (Å²) in [6.45, 7) is 3.74. The SMILES string of the molecule is O=C(c1ccc(Br)c(O)c1)N1CCN2CCCC2C1. The standard InChI is InChI=1S/C14H17BrN2O2/c15-12-4-3-10(8-13(12)18)14(19)17-7-6-16-5-1-2-11(16)9-17/h3-4,8,11,18H,1-2,5-7,9H2. The van der Waals surface area contributed by atoms with Crippen LogP contribution >= 0.6 is 15.9 Å². The molecule has 0 saturated carbocycles. The largest absolute Gasteiger partial charge is 0.507 e. The van der Waals surface area contributed by atoms with Crippen LogP contribution in [0.1, 0.15) is 23.2 Å². The number of benzene rings is 1. The molecule has 1 atom stereocenters. The molecule has 0 aliphatic carbocycles. The number of hydrogen-bond donors (Lipinski definition) is 1. The molecule has 0 spiro atoms. The van der Waals surface area contributed by atoms with E-state index < -0.39 is 0 Å². The Morgan fingerprint density at radius 1 is 1.32 bits per heavy atom. The number of hydrogen-bond acceptors (Lipinski definition) is 3. The summed E-state index contributed by atoms with van der Waals surface area (Å²) in [5.41, 5.74) is 0.562. The van der Waals surface area contributed by atoms with Crippen LogP contribution in [-0.4, -0.2) is 53.0 Å². The molecule has 5 heteroatoms. The third kappa shape index (κ3) is 2.49.